The van der Waals surface area contributed by atoms with Crippen LogP contribution in [0.25, 0.3) is 105 Å². The van der Waals surface area contributed by atoms with Crippen LogP contribution in [0.1, 0.15) is 0 Å². The van der Waals surface area contributed by atoms with Crippen LogP contribution in [0, 0.1) is 0 Å². The summed E-state index contributed by atoms with van der Waals surface area (Å²) in [7, 11) is 0. The highest BCUT2D eigenvalue weighted by atomic mass is 15.0. The van der Waals surface area contributed by atoms with Crippen LogP contribution in [0.15, 0.2) is 194 Å². The number of hydrogen-bond acceptors (Lipinski definition) is 3. The van der Waals surface area contributed by atoms with Crippen LogP contribution < -0.4 is 0 Å². The molecule has 4 heteroatoms. The van der Waals surface area contributed by atoms with E-state index < -0.39 is 0 Å². The van der Waals surface area contributed by atoms with Gasteiger partial charge < -0.3 is 4.57 Å². The van der Waals surface area contributed by atoms with E-state index in [-0.39, 0.29) is 0 Å². The fourth-order valence-electron chi connectivity index (χ4n) is 8.04. The van der Waals surface area contributed by atoms with E-state index in [0.29, 0.717) is 17.5 Å². The van der Waals surface area contributed by atoms with Crippen LogP contribution in [0.4, 0.5) is 0 Å². The Balaban J connectivity index is 1.02. The van der Waals surface area contributed by atoms with E-state index in [4.69, 9.17) is 15.0 Å². The van der Waals surface area contributed by atoms with Gasteiger partial charge in [0.2, 0.25) is 0 Å². The van der Waals surface area contributed by atoms with Crippen LogP contribution in [-0.2, 0) is 0 Å². The highest BCUT2D eigenvalue weighted by Gasteiger charge is 2.17. The summed E-state index contributed by atoms with van der Waals surface area (Å²) in [4.78, 5) is 15.1. The number of hydrogen-bond donors (Lipinski definition) is 0. The first kappa shape index (κ1) is 31.1. The van der Waals surface area contributed by atoms with Crippen molar-refractivity contribution in [1.29, 1.82) is 0 Å². The smallest absolute Gasteiger partial charge is 0.164 e. The summed E-state index contributed by atoms with van der Waals surface area (Å²) in [6.45, 7) is 0. The van der Waals surface area contributed by atoms with Gasteiger partial charge in [0.1, 0.15) is 0 Å². The number of nitrogens with zero attached hydrogens (tertiary/aromatic N) is 4. The van der Waals surface area contributed by atoms with E-state index in [1.165, 1.54) is 59.7 Å². The lowest BCUT2D eigenvalue weighted by Gasteiger charge is -2.11. The maximum absolute atomic E-state index is 5.07. The third-order valence-electron chi connectivity index (χ3n) is 10.8. The van der Waals surface area contributed by atoms with Gasteiger partial charge in [-0.05, 0) is 92.0 Å². The van der Waals surface area contributed by atoms with Crippen molar-refractivity contribution in [1.82, 2.24) is 19.5 Å². The Morgan fingerprint density at radius 2 is 0.782 bits per heavy atom. The van der Waals surface area contributed by atoms with Gasteiger partial charge in [-0.2, -0.15) is 0 Å². The number of benzene rings is 9. The quantitative estimate of drug-likeness (QED) is 0.179. The first-order valence-corrected chi connectivity index (χ1v) is 18.6. The van der Waals surface area contributed by atoms with Crippen molar-refractivity contribution in [3.63, 3.8) is 0 Å². The molecule has 0 radical (unpaired) electrons. The van der Waals surface area contributed by atoms with Gasteiger partial charge in [-0.3, -0.25) is 0 Å². The topological polar surface area (TPSA) is 43.6 Å². The lowest BCUT2D eigenvalue weighted by atomic mass is 10.00. The Morgan fingerprint density at radius 1 is 0.291 bits per heavy atom. The lowest BCUT2D eigenvalue weighted by Crippen LogP contribution is -2.00. The monoisotopic (exact) mass is 700 g/mol. The molecule has 0 aliphatic rings. The summed E-state index contributed by atoms with van der Waals surface area (Å²) in [5.41, 5.74) is 8.57. The minimum atomic E-state index is 0.633. The van der Waals surface area contributed by atoms with E-state index in [1.807, 2.05) is 30.3 Å². The molecule has 11 rings (SSSR count). The second-order valence-electron chi connectivity index (χ2n) is 14.1. The van der Waals surface area contributed by atoms with Gasteiger partial charge in [0, 0.05) is 33.2 Å². The zero-order chi connectivity index (χ0) is 36.3. The molecule has 2 heterocycles. The molecule has 0 amide bonds. The summed E-state index contributed by atoms with van der Waals surface area (Å²) in [5.74, 6) is 1.91. The van der Waals surface area contributed by atoms with Gasteiger partial charge in [0.25, 0.3) is 0 Å². The standard InChI is InChI=1S/C51H32N4/c1-2-12-36(13-3-1)49-52-50(37-21-18-34(19-22-37)42-23-20-33-10-4-5-14-39(33)30-42)54-51(53-49)38-24-27-43(28-25-38)55-46-29-26-35-11-8-9-17-44(35)48(46)45-31-40-15-6-7-16-41(40)32-47(45)55/h1-32H. The molecule has 0 unspecified atom stereocenters. The molecular formula is C51H32N4. The number of aromatic nitrogens is 4. The van der Waals surface area contributed by atoms with Crippen molar-refractivity contribution in [3.05, 3.63) is 194 Å². The molecule has 0 atom stereocenters. The van der Waals surface area contributed by atoms with E-state index in [2.05, 4.69) is 168 Å². The fourth-order valence-corrected chi connectivity index (χ4v) is 8.04. The molecule has 9 aromatic carbocycles. The predicted octanol–water partition coefficient (Wildman–Crippen LogP) is 13.1. The zero-order valence-electron chi connectivity index (χ0n) is 29.8. The normalized spacial score (nSPS) is 11.6. The molecule has 0 aliphatic carbocycles. The van der Waals surface area contributed by atoms with Gasteiger partial charge in [-0.1, -0.05) is 146 Å². The molecular weight excluding hydrogens is 669 g/mol. The number of fused-ring (bicyclic) bond motifs is 7. The predicted molar refractivity (Wildman–Crippen MR) is 228 cm³/mol. The first-order valence-electron chi connectivity index (χ1n) is 18.6. The van der Waals surface area contributed by atoms with Gasteiger partial charge in [-0.15, -0.1) is 0 Å². The summed E-state index contributed by atoms with van der Waals surface area (Å²) >= 11 is 0. The first-order chi connectivity index (χ1) is 27.2. The van der Waals surface area contributed by atoms with Crippen molar-refractivity contribution in [3.8, 4) is 51.0 Å². The molecule has 0 spiro atoms. The van der Waals surface area contributed by atoms with Crippen LogP contribution in [0.3, 0.4) is 0 Å². The van der Waals surface area contributed by atoms with Crippen LogP contribution >= 0.6 is 0 Å². The minimum Gasteiger partial charge on any atom is -0.309 e. The van der Waals surface area contributed by atoms with Crippen LogP contribution in [-0.4, -0.2) is 19.5 Å². The number of rotatable bonds is 5. The summed E-state index contributed by atoms with van der Waals surface area (Å²) in [6.07, 6.45) is 0. The van der Waals surface area contributed by atoms with Gasteiger partial charge >= 0.3 is 0 Å². The second-order valence-corrected chi connectivity index (χ2v) is 14.1. The van der Waals surface area contributed by atoms with E-state index in [1.54, 1.807) is 0 Å². The average molecular weight is 701 g/mol. The van der Waals surface area contributed by atoms with Crippen molar-refractivity contribution in [2.24, 2.45) is 0 Å². The Labute approximate surface area is 317 Å². The Hall–Kier alpha value is -7.43. The highest BCUT2D eigenvalue weighted by Crippen LogP contribution is 2.39. The third-order valence-corrected chi connectivity index (χ3v) is 10.8. The van der Waals surface area contributed by atoms with Crippen molar-refractivity contribution < 1.29 is 0 Å². The molecule has 256 valence electrons. The molecule has 0 bridgehead atoms. The molecule has 0 aliphatic heterocycles. The maximum Gasteiger partial charge on any atom is 0.164 e. The Kier molecular flexibility index (Phi) is 7.14. The minimum absolute atomic E-state index is 0.633. The van der Waals surface area contributed by atoms with E-state index >= 15 is 0 Å². The largest absolute Gasteiger partial charge is 0.309 e. The maximum atomic E-state index is 5.07. The SMILES string of the molecule is c1ccc(-c2nc(-c3ccc(-c4ccc5ccccc5c4)cc3)nc(-c3ccc(-n4c5cc6ccccc6cc5c5c6ccccc6ccc54)cc3)n2)cc1. The van der Waals surface area contributed by atoms with Crippen LogP contribution in [0.5, 0.6) is 0 Å². The lowest BCUT2D eigenvalue weighted by molar-refractivity contribution is 1.07. The average Bonchev–Trinajstić information content (AvgIpc) is 3.59. The van der Waals surface area contributed by atoms with Crippen molar-refractivity contribution in [2.45, 2.75) is 0 Å². The molecule has 0 fully saturated rings. The molecule has 55 heavy (non-hydrogen) atoms. The van der Waals surface area contributed by atoms with Gasteiger partial charge in [0.05, 0.1) is 11.0 Å². The summed E-state index contributed by atoms with van der Waals surface area (Å²) in [6, 6.07) is 68.8. The fraction of sp³-hybridized carbons (Fsp3) is 0. The second kappa shape index (κ2) is 12.6. The third kappa shape index (κ3) is 5.34. The van der Waals surface area contributed by atoms with Gasteiger partial charge in [0.15, 0.2) is 17.5 Å². The van der Waals surface area contributed by atoms with Gasteiger partial charge in [-0.25, -0.2) is 15.0 Å². The Bertz CT molecular complexity index is 3240. The molecule has 0 N–H and O–H groups in total. The van der Waals surface area contributed by atoms with E-state index in [9.17, 15) is 0 Å². The summed E-state index contributed by atoms with van der Waals surface area (Å²) in [5, 5.41) is 9.93. The Morgan fingerprint density at radius 3 is 1.47 bits per heavy atom. The van der Waals surface area contributed by atoms with Crippen molar-refractivity contribution in [2.75, 3.05) is 0 Å². The van der Waals surface area contributed by atoms with Crippen molar-refractivity contribution >= 4 is 54.1 Å². The highest BCUT2D eigenvalue weighted by molar-refractivity contribution is 6.23. The van der Waals surface area contributed by atoms with Crippen LogP contribution in [0.2, 0.25) is 0 Å². The summed E-state index contributed by atoms with van der Waals surface area (Å²) < 4.78 is 2.39. The molecule has 0 saturated heterocycles. The molecule has 2 aromatic heterocycles. The van der Waals surface area contributed by atoms with E-state index in [0.717, 1.165) is 27.9 Å². The molecule has 4 nitrogen and oxygen atoms in total. The molecule has 0 saturated carbocycles. The zero-order valence-corrected chi connectivity index (χ0v) is 29.8. The molecule has 11 aromatic rings.